The monoisotopic (exact) mass is 425 g/mol. The van der Waals surface area contributed by atoms with Gasteiger partial charge in [0.25, 0.3) is 0 Å². The lowest BCUT2D eigenvalue weighted by molar-refractivity contribution is -0.117. The zero-order valence-corrected chi connectivity index (χ0v) is 16.9. The molecule has 0 aliphatic heterocycles. The molecule has 4 aromatic rings. The number of nitrogens with one attached hydrogen (secondary N) is 1. The van der Waals surface area contributed by atoms with Gasteiger partial charge >= 0.3 is 5.69 Å². The fraction of sp³-hybridized carbons (Fsp3) is 0.100. The number of carbonyl (C=O) groups is 1. The van der Waals surface area contributed by atoms with E-state index in [9.17, 15) is 9.59 Å². The van der Waals surface area contributed by atoms with E-state index in [4.69, 9.17) is 11.6 Å². The number of hydrogen-bond acceptors (Lipinski definition) is 5. The van der Waals surface area contributed by atoms with Gasteiger partial charge in [0.1, 0.15) is 11.6 Å². The van der Waals surface area contributed by atoms with E-state index in [-0.39, 0.29) is 12.5 Å². The summed E-state index contributed by atoms with van der Waals surface area (Å²) in [6, 6.07) is 18.4. The SMILES string of the molecule is Cc1ccc(NC(=O)Cn2nc3ccc(Sc4ccccc4)nn3c2=O)cc1Cl. The van der Waals surface area contributed by atoms with E-state index < -0.39 is 5.69 Å². The van der Waals surface area contributed by atoms with E-state index in [1.54, 1.807) is 24.3 Å². The molecule has 0 fully saturated rings. The summed E-state index contributed by atoms with van der Waals surface area (Å²) in [5.41, 5.74) is 1.37. The van der Waals surface area contributed by atoms with Crippen molar-refractivity contribution in [2.45, 2.75) is 23.4 Å². The number of rotatable bonds is 5. The first-order valence-corrected chi connectivity index (χ1v) is 9.95. The van der Waals surface area contributed by atoms with Crippen LogP contribution in [-0.4, -0.2) is 25.3 Å². The summed E-state index contributed by atoms with van der Waals surface area (Å²) in [7, 11) is 0. The second kappa shape index (κ2) is 8.10. The molecular formula is C20H16ClN5O2S. The highest BCUT2D eigenvalue weighted by Gasteiger charge is 2.13. The van der Waals surface area contributed by atoms with Crippen molar-refractivity contribution in [3.8, 4) is 0 Å². The number of hydrogen-bond donors (Lipinski definition) is 1. The number of benzene rings is 2. The van der Waals surface area contributed by atoms with Crippen molar-refractivity contribution in [1.82, 2.24) is 19.4 Å². The molecule has 0 saturated heterocycles. The molecule has 0 bridgehead atoms. The predicted molar refractivity (Wildman–Crippen MR) is 113 cm³/mol. The highest BCUT2D eigenvalue weighted by Crippen LogP contribution is 2.25. The standard InChI is InChI=1S/C20H16ClN5O2S/c1-13-7-8-14(11-16(13)21)22-18(27)12-25-20(28)26-17(23-25)9-10-19(24-26)29-15-5-3-2-4-6-15/h2-11H,12H2,1H3,(H,22,27). The highest BCUT2D eigenvalue weighted by molar-refractivity contribution is 7.99. The molecule has 29 heavy (non-hydrogen) atoms. The van der Waals surface area contributed by atoms with Gasteiger partial charge in [-0.05, 0) is 48.9 Å². The van der Waals surface area contributed by atoms with Crippen LogP contribution in [0.3, 0.4) is 0 Å². The van der Waals surface area contributed by atoms with E-state index in [0.29, 0.717) is 21.4 Å². The minimum absolute atomic E-state index is 0.227. The van der Waals surface area contributed by atoms with Crippen LogP contribution in [0.15, 0.2) is 75.4 Å². The number of halogens is 1. The van der Waals surface area contributed by atoms with Crippen molar-refractivity contribution in [3.63, 3.8) is 0 Å². The second-order valence-corrected chi connectivity index (χ2v) is 7.81. The van der Waals surface area contributed by atoms with Crippen molar-refractivity contribution in [3.05, 3.63) is 81.7 Å². The van der Waals surface area contributed by atoms with Crippen LogP contribution >= 0.6 is 23.4 Å². The highest BCUT2D eigenvalue weighted by atomic mass is 35.5. The molecule has 2 heterocycles. The summed E-state index contributed by atoms with van der Waals surface area (Å²) in [4.78, 5) is 25.9. The number of nitrogens with zero attached hydrogens (tertiary/aromatic N) is 4. The lowest BCUT2D eigenvalue weighted by Gasteiger charge is -2.06. The average Bonchev–Trinajstić information content (AvgIpc) is 3.01. The molecule has 1 amide bonds. The Morgan fingerprint density at radius 3 is 2.66 bits per heavy atom. The van der Waals surface area contributed by atoms with Crippen molar-refractivity contribution in [2.75, 3.05) is 5.32 Å². The van der Waals surface area contributed by atoms with Crippen LogP contribution in [0.25, 0.3) is 5.65 Å². The lowest BCUT2D eigenvalue weighted by atomic mass is 10.2. The van der Waals surface area contributed by atoms with Gasteiger partial charge in [-0.15, -0.1) is 5.10 Å². The smallest absolute Gasteiger partial charge is 0.324 e. The van der Waals surface area contributed by atoms with Crippen LogP contribution in [0.2, 0.25) is 5.02 Å². The normalized spacial score (nSPS) is 11.0. The molecule has 0 aliphatic rings. The number of aryl methyl sites for hydroxylation is 1. The molecule has 146 valence electrons. The Hall–Kier alpha value is -3.10. The molecule has 9 heteroatoms. The Balaban J connectivity index is 1.53. The summed E-state index contributed by atoms with van der Waals surface area (Å²) < 4.78 is 2.28. The van der Waals surface area contributed by atoms with Crippen LogP contribution in [-0.2, 0) is 11.3 Å². The number of fused-ring (bicyclic) bond motifs is 1. The summed E-state index contributed by atoms with van der Waals surface area (Å²) in [5, 5.41) is 12.4. The van der Waals surface area contributed by atoms with Gasteiger partial charge in [-0.1, -0.05) is 47.6 Å². The molecule has 0 radical (unpaired) electrons. The molecule has 0 unspecified atom stereocenters. The molecule has 0 saturated carbocycles. The number of amides is 1. The second-order valence-electron chi connectivity index (χ2n) is 6.31. The minimum Gasteiger partial charge on any atom is -0.324 e. The van der Waals surface area contributed by atoms with E-state index in [2.05, 4.69) is 15.5 Å². The Bertz CT molecular complexity index is 1250. The molecule has 7 nitrogen and oxygen atoms in total. The Kier molecular flexibility index (Phi) is 5.37. The Morgan fingerprint density at radius 1 is 1.10 bits per heavy atom. The van der Waals surface area contributed by atoms with E-state index in [0.717, 1.165) is 15.1 Å². The Morgan fingerprint density at radius 2 is 1.90 bits per heavy atom. The molecule has 0 spiro atoms. The largest absolute Gasteiger partial charge is 0.367 e. The van der Waals surface area contributed by atoms with Crippen LogP contribution < -0.4 is 11.0 Å². The summed E-state index contributed by atoms with van der Waals surface area (Å²) in [6.45, 7) is 1.65. The summed E-state index contributed by atoms with van der Waals surface area (Å²) >= 11 is 7.52. The van der Waals surface area contributed by atoms with Crippen LogP contribution in [0.1, 0.15) is 5.56 Å². The van der Waals surface area contributed by atoms with Gasteiger partial charge in [0, 0.05) is 15.6 Å². The van der Waals surface area contributed by atoms with Gasteiger partial charge in [-0.3, -0.25) is 4.79 Å². The van der Waals surface area contributed by atoms with Crippen molar-refractivity contribution in [2.24, 2.45) is 0 Å². The average molecular weight is 426 g/mol. The summed E-state index contributed by atoms with van der Waals surface area (Å²) in [6.07, 6.45) is 0. The zero-order chi connectivity index (χ0) is 20.4. The van der Waals surface area contributed by atoms with E-state index >= 15 is 0 Å². The van der Waals surface area contributed by atoms with Crippen LogP contribution in [0.5, 0.6) is 0 Å². The maximum atomic E-state index is 12.6. The maximum absolute atomic E-state index is 12.6. The third-order valence-electron chi connectivity index (χ3n) is 4.13. The fourth-order valence-corrected chi connectivity index (χ4v) is 3.64. The van der Waals surface area contributed by atoms with Crippen molar-refractivity contribution < 1.29 is 4.79 Å². The van der Waals surface area contributed by atoms with Gasteiger partial charge in [-0.2, -0.15) is 9.61 Å². The lowest BCUT2D eigenvalue weighted by Crippen LogP contribution is -2.28. The van der Waals surface area contributed by atoms with E-state index in [1.807, 2.05) is 43.3 Å². The third kappa shape index (κ3) is 4.33. The topological polar surface area (TPSA) is 81.3 Å². The first kappa shape index (κ1) is 19.2. The van der Waals surface area contributed by atoms with Gasteiger partial charge < -0.3 is 5.32 Å². The number of aromatic nitrogens is 4. The number of carbonyl (C=O) groups excluding carboxylic acids is 1. The zero-order valence-electron chi connectivity index (χ0n) is 15.4. The van der Waals surface area contributed by atoms with Crippen molar-refractivity contribution >= 4 is 40.6 Å². The molecule has 0 atom stereocenters. The minimum atomic E-state index is -0.479. The molecule has 2 aromatic carbocycles. The quantitative estimate of drug-likeness (QED) is 0.528. The van der Waals surface area contributed by atoms with Crippen LogP contribution in [0.4, 0.5) is 5.69 Å². The third-order valence-corrected chi connectivity index (χ3v) is 5.47. The molecule has 2 aromatic heterocycles. The predicted octanol–water partition coefficient (Wildman–Crippen LogP) is 3.64. The molecule has 4 rings (SSSR count). The van der Waals surface area contributed by atoms with Gasteiger partial charge in [0.15, 0.2) is 5.65 Å². The van der Waals surface area contributed by atoms with Crippen molar-refractivity contribution in [1.29, 1.82) is 0 Å². The Labute approximate surface area is 175 Å². The summed E-state index contributed by atoms with van der Waals surface area (Å²) in [5.74, 6) is -0.380. The first-order chi connectivity index (χ1) is 14.0. The van der Waals surface area contributed by atoms with Gasteiger partial charge in [-0.25, -0.2) is 9.48 Å². The molecule has 1 N–H and O–H groups in total. The van der Waals surface area contributed by atoms with Gasteiger partial charge in [0.2, 0.25) is 5.91 Å². The van der Waals surface area contributed by atoms with Gasteiger partial charge in [0.05, 0.1) is 0 Å². The molecular weight excluding hydrogens is 410 g/mol. The van der Waals surface area contributed by atoms with Crippen LogP contribution in [0, 0.1) is 6.92 Å². The fourth-order valence-electron chi connectivity index (χ4n) is 2.67. The molecule has 0 aliphatic carbocycles. The van der Waals surface area contributed by atoms with E-state index in [1.165, 1.54) is 16.3 Å². The maximum Gasteiger partial charge on any atom is 0.367 e. The number of anilines is 1. The first-order valence-electron chi connectivity index (χ1n) is 8.75.